The van der Waals surface area contributed by atoms with Gasteiger partial charge in [0.05, 0.1) is 34.2 Å². The third-order valence-electron chi connectivity index (χ3n) is 22.2. The number of pyridine rings is 1. The van der Waals surface area contributed by atoms with E-state index in [9.17, 15) is 19.2 Å². The standard InChI is InChI=1S/C69H90F2N10O8Si/c1-9-51-54(70)14-12-48-34-50(89-90(42(2)3,43(4)5)44(6)7)36-52(59(48)51)61-60(71)62-53(37-72-61)63(79-27-11-24-69(40-79)26-33-88-69)75-65(74-62)87-41-68-23-10-28-80(68)49(18-25-68)39-86-67(85)78-31-19-45(20-32-78)38-77-29-21-46(22-30-77)47-13-15-55-57(35-47)76(8)66(84)81(55)56-16-17-58(82)73-64(56)83/h12-15,34-37,42-46,49,56H,9-11,16-33,38-41H2,1-8H3,(H,73,82,83)/t49-,56?,68-,69-/m1/s1. The van der Waals surface area contributed by atoms with Crippen LogP contribution in [0.1, 0.15) is 155 Å². The Morgan fingerprint density at radius 2 is 1.60 bits per heavy atom. The van der Waals surface area contributed by atoms with Gasteiger partial charge < -0.3 is 33.3 Å². The van der Waals surface area contributed by atoms with Crippen LogP contribution < -0.4 is 25.1 Å². The van der Waals surface area contributed by atoms with Crippen molar-refractivity contribution >= 4 is 64.8 Å². The van der Waals surface area contributed by atoms with Gasteiger partial charge in [-0.25, -0.2) is 18.4 Å². The molecule has 3 aromatic carbocycles. The number of ether oxygens (including phenoxy) is 3. The first-order chi connectivity index (χ1) is 43.3. The number of nitrogens with zero attached hydrogens (tertiary/aromatic N) is 9. The monoisotopic (exact) mass is 1250 g/mol. The van der Waals surface area contributed by atoms with Crippen LogP contribution in [0, 0.1) is 17.6 Å². The van der Waals surface area contributed by atoms with Crippen LogP contribution in [-0.4, -0.2) is 154 Å². The molecule has 13 rings (SSSR count). The summed E-state index contributed by atoms with van der Waals surface area (Å²) in [7, 11) is -0.735. The number of piperidine rings is 4. The van der Waals surface area contributed by atoms with E-state index in [0.29, 0.717) is 103 Å². The van der Waals surface area contributed by atoms with Gasteiger partial charge in [-0.1, -0.05) is 60.6 Å². The van der Waals surface area contributed by atoms with Crippen molar-refractivity contribution in [3.63, 3.8) is 0 Å². The molecule has 18 nitrogen and oxygen atoms in total. The number of halogens is 2. The molecule has 0 bridgehead atoms. The minimum absolute atomic E-state index is 0.0290. The molecule has 10 heterocycles. The van der Waals surface area contributed by atoms with Crippen LogP contribution in [0.25, 0.3) is 44.0 Å². The van der Waals surface area contributed by atoms with Crippen molar-refractivity contribution in [3.05, 3.63) is 81.9 Å². The van der Waals surface area contributed by atoms with E-state index in [2.05, 4.69) is 73.7 Å². The summed E-state index contributed by atoms with van der Waals surface area (Å²) in [5.41, 5.74) is 3.78. The van der Waals surface area contributed by atoms with Gasteiger partial charge in [-0.2, -0.15) is 9.97 Å². The Bertz CT molecular complexity index is 3780. The van der Waals surface area contributed by atoms with Gasteiger partial charge in [-0.3, -0.25) is 33.9 Å². The Balaban J connectivity index is 0.666. The molecule has 90 heavy (non-hydrogen) atoms. The topological polar surface area (TPSA) is 179 Å². The maximum atomic E-state index is 18.1. The maximum absolute atomic E-state index is 18.1. The van der Waals surface area contributed by atoms with Crippen LogP contribution in [0.15, 0.2) is 53.5 Å². The van der Waals surface area contributed by atoms with E-state index in [0.717, 1.165) is 108 Å². The summed E-state index contributed by atoms with van der Waals surface area (Å²) >= 11 is 0. The number of likely N-dealkylation sites (tertiary alicyclic amines) is 2. The number of carbonyl (C=O) groups is 3. The summed E-state index contributed by atoms with van der Waals surface area (Å²) in [6.45, 7) is 23.0. The molecule has 7 saturated heterocycles. The van der Waals surface area contributed by atoms with Crippen molar-refractivity contribution in [2.75, 3.05) is 77.1 Å². The minimum Gasteiger partial charge on any atom is -0.543 e. The highest BCUT2D eigenvalue weighted by Crippen LogP contribution is 2.48. The van der Waals surface area contributed by atoms with E-state index in [-0.39, 0.29) is 87.6 Å². The second kappa shape index (κ2) is 24.8. The van der Waals surface area contributed by atoms with Crippen molar-refractivity contribution in [2.24, 2.45) is 13.0 Å². The second-order valence-corrected chi connectivity index (χ2v) is 33.6. The number of amides is 3. The average molecular weight is 1250 g/mol. The predicted molar refractivity (Wildman–Crippen MR) is 346 cm³/mol. The molecule has 0 radical (unpaired) electrons. The fraction of sp³-hybridized carbons (Fsp3) is 0.609. The number of hydrogen-bond acceptors (Lipinski definition) is 14. The number of hydrogen-bond donors (Lipinski definition) is 1. The fourth-order valence-corrected chi connectivity index (χ4v) is 22.6. The lowest BCUT2D eigenvalue weighted by molar-refractivity contribution is -0.151. The van der Waals surface area contributed by atoms with Gasteiger partial charge in [0, 0.05) is 70.4 Å². The molecule has 7 aliphatic heterocycles. The number of carbonyl (C=O) groups excluding carboxylic acids is 3. The van der Waals surface area contributed by atoms with E-state index in [1.165, 1.54) is 16.2 Å². The summed E-state index contributed by atoms with van der Waals surface area (Å²) in [4.78, 5) is 75.8. The van der Waals surface area contributed by atoms with Crippen LogP contribution in [0.2, 0.25) is 16.6 Å². The Kier molecular flexibility index (Phi) is 17.2. The first-order valence-electron chi connectivity index (χ1n) is 33.6. The Morgan fingerprint density at radius 1 is 0.844 bits per heavy atom. The largest absolute Gasteiger partial charge is 0.543 e. The number of imide groups is 1. The van der Waals surface area contributed by atoms with Crippen molar-refractivity contribution in [1.29, 1.82) is 0 Å². The predicted octanol–water partition coefficient (Wildman–Crippen LogP) is 11.7. The average Bonchev–Trinajstić information content (AvgIpc) is 0.973. The minimum atomic E-state index is -2.48. The van der Waals surface area contributed by atoms with E-state index in [4.69, 9.17) is 33.6 Å². The lowest BCUT2D eigenvalue weighted by Gasteiger charge is -2.48. The molecule has 482 valence electrons. The third kappa shape index (κ3) is 11.3. The Hall–Kier alpha value is -6.55. The summed E-state index contributed by atoms with van der Waals surface area (Å²) in [6.07, 6.45) is 12.5. The number of fused-ring (bicyclic) bond motifs is 4. The molecule has 0 aliphatic carbocycles. The van der Waals surface area contributed by atoms with Crippen LogP contribution in [0.4, 0.5) is 19.4 Å². The third-order valence-corrected chi connectivity index (χ3v) is 28.2. The van der Waals surface area contributed by atoms with E-state index in [1.807, 2.05) is 30.0 Å². The van der Waals surface area contributed by atoms with Crippen molar-refractivity contribution in [1.82, 2.24) is 44.1 Å². The number of anilines is 1. The zero-order chi connectivity index (χ0) is 63.0. The van der Waals surface area contributed by atoms with Crippen LogP contribution in [0.3, 0.4) is 0 Å². The number of aromatic nitrogens is 5. The molecule has 6 aromatic rings. The van der Waals surface area contributed by atoms with Crippen molar-refractivity contribution in [3.8, 4) is 23.0 Å². The molecule has 1 spiro atoms. The van der Waals surface area contributed by atoms with Gasteiger partial charge in [0.25, 0.3) is 8.32 Å². The number of benzene rings is 3. The smallest absolute Gasteiger partial charge is 0.409 e. The fourth-order valence-electron chi connectivity index (χ4n) is 17.4. The number of aryl methyl sites for hydroxylation is 2. The molecule has 21 heteroatoms. The molecule has 3 amide bonds. The van der Waals surface area contributed by atoms with Gasteiger partial charge in [0.2, 0.25) is 11.8 Å². The van der Waals surface area contributed by atoms with Crippen LogP contribution in [-0.2, 0) is 32.5 Å². The van der Waals surface area contributed by atoms with Crippen molar-refractivity contribution < 1.29 is 41.8 Å². The number of imidazole rings is 1. The van der Waals surface area contributed by atoms with E-state index in [1.54, 1.807) is 23.9 Å². The summed E-state index contributed by atoms with van der Waals surface area (Å²) in [5, 5.41) is 4.23. The Morgan fingerprint density at radius 3 is 2.31 bits per heavy atom. The molecule has 7 fully saturated rings. The van der Waals surface area contributed by atoms with Gasteiger partial charge >= 0.3 is 17.8 Å². The molecule has 0 saturated carbocycles. The first kappa shape index (κ1) is 62.3. The highest BCUT2D eigenvalue weighted by Gasteiger charge is 2.51. The lowest BCUT2D eigenvalue weighted by Crippen LogP contribution is -2.56. The van der Waals surface area contributed by atoms with Crippen molar-refractivity contribution in [2.45, 2.75) is 184 Å². The Labute approximate surface area is 527 Å². The second-order valence-electron chi connectivity index (χ2n) is 28.2. The van der Waals surface area contributed by atoms with E-state index < -0.39 is 26.1 Å². The summed E-state index contributed by atoms with van der Waals surface area (Å²) in [5.74, 6) is 0.299. The molecule has 7 aliphatic rings. The first-order valence-corrected chi connectivity index (χ1v) is 35.7. The number of nitrogens with one attached hydrogen (secondary N) is 1. The highest BCUT2D eigenvalue weighted by molar-refractivity contribution is 6.78. The zero-order valence-electron chi connectivity index (χ0n) is 53.9. The molecule has 4 atom stereocenters. The van der Waals surface area contributed by atoms with Crippen LogP contribution >= 0.6 is 0 Å². The highest BCUT2D eigenvalue weighted by atomic mass is 28.4. The van der Waals surface area contributed by atoms with E-state index >= 15 is 8.78 Å². The number of rotatable bonds is 17. The lowest BCUT2D eigenvalue weighted by atomic mass is 9.86. The van der Waals surface area contributed by atoms with Gasteiger partial charge in [-0.15, -0.1) is 0 Å². The van der Waals surface area contributed by atoms with Gasteiger partial charge in [-0.05, 0) is 177 Å². The summed E-state index contributed by atoms with van der Waals surface area (Å²) < 4.78 is 63.6. The quantitative estimate of drug-likeness (QED) is 0.0673. The SMILES string of the molecule is CCc1c(F)ccc2cc(O[Si](C(C)C)(C(C)C)C(C)C)cc(-c3ncc4c(N5CCC[C@@]6(CCO6)C5)nc(OC[C@]56CCCN5[C@@H](COC(=O)N5CCC(CN7CCC(c8ccc9c(c8)n(C)c(=O)n9C8CCC(=O)NC8=O)CC7)CC5)CC6)nc4c3F)c12. The van der Waals surface area contributed by atoms with Gasteiger partial charge in [0.15, 0.2) is 5.82 Å². The normalized spacial score (nSPS) is 24.1. The molecular weight excluding hydrogens is 1160 g/mol. The van der Waals surface area contributed by atoms with Crippen LogP contribution in [0.5, 0.6) is 11.8 Å². The molecule has 1 unspecified atom stereocenters. The van der Waals surface area contributed by atoms with Gasteiger partial charge in [0.1, 0.15) is 47.9 Å². The molecular formula is C69H90F2N10O8Si. The molecule has 1 N–H and O–H groups in total. The summed E-state index contributed by atoms with van der Waals surface area (Å²) in [6, 6.07) is 12.7. The maximum Gasteiger partial charge on any atom is 0.409 e. The zero-order valence-corrected chi connectivity index (χ0v) is 54.9. The molecule has 3 aromatic heterocycles.